The molecule has 0 radical (unpaired) electrons. The Balaban J connectivity index is 0.000000180. The van der Waals surface area contributed by atoms with Gasteiger partial charge >= 0.3 is 0 Å². The van der Waals surface area contributed by atoms with Crippen LogP contribution in [0.4, 0.5) is 0 Å². The van der Waals surface area contributed by atoms with Crippen LogP contribution in [0.5, 0.6) is 0 Å². The summed E-state index contributed by atoms with van der Waals surface area (Å²) in [4.78, 5) is 0. The summed E-state index contributed by atoms with van der Waals surface area (Å²) in [7, 11) is 0. The fourth-order valence-electron chi connectivity index (χ4n) is 3.00. The summed E-state index contributed by atoms with van der Waals surface area (Å²) in [5.41, 5.74) is 0.777. The van der Waals surface area contributed by atoms with Crippen LogP contribution in [0, 0.1) is 11.3 Å². The van der Waals surface area contributed by atoms with E-state index in [0.717, 1.165) is 31.0 Å². The van der Waals surface area contributed by atoms with Gasteiger partial charge < -0.3 is 10.1 Å². The quantitative estimate of drug-likeness (QED) is 0.724. The first-order valence-electron chi connectivity index (χ1n) is 8.01. The average Bonchev–Trinajstić information content (AvgIpc) is 2.73. The van der Waals surface area contributed by atoms with Crippen molar-refractivity contribution in [3.05, 3.63) is 0 Å². The van der Waals surface area contributed by atoms with Crippen molar-refractivity contribution in [2.24, 2.45) is 11.3 Å². The molecule has 2 aliphatic rings. The molecule has 0 aromatic rings. The predicted molar refractivity (Wildman–Crippen MR) is 79.0 cm³/mol. The van der Waals surface area contributed by atoms with Crippen molar-refractivity contribution in [2.45, 2.75) is 65.7 Å². The maximum absolute atomic E-state index is 5.28. The molecule has 108 valence electrons. The van der Waals surface area contributed by atoms with Gasteiger partial charge in [-0.25, -0.2) is 0 Å². The van der Waals surface area contributed by atoms with Gasteiger partial charge in [0.2, 0.25) is 0 Å². The Hall–Kier alpha value is -0.0800. The normalized spacial score (nSPS) is 24.5. The van der Waals surface area contributed by atoms with E-state index in [9.17, 15) is 0 Å². The standard InChI is InChI=1S/C8H15N.C8H18O/c1-7-2-3-8(4-7)5-9-6-8;1-3-5-6-8-9-7-4-2/h7,9H,2-6H2,1H3;3-8H2,1-2H3. The van der Waals surface area contributed by atoms with Crippen LogP contribution in [0.15, 0.2) is 0 Å². The fourth-order valence-corrected chi connectivity index (χ4v) is 3.00. The fraction of sp³-hybridized carbons (Fsp3) is 1.00. The predicted octanol–water partition coefficient (Wildman–Crippen LogP) is 4.00. The Morgan fingerprint density at radius 3 is 2.28 bits per heavy atom. The maximum atomic E-state index is 5.28. The van der Waals surface area contributed by atoms with Crippen LogP contribution in [0.3, 0.4) is 0 Å². The van der Waals surface area contributed by atoms with Gasteiger partial charge in [-0.2, -0.15) is 0 Å². The number of nitrogens with one attached hydrogen (secondary N) is 1. The minimum Gasteiger partial charge on any atom is -0.381 e. The molecule has 18 heavy (non-hydrogen) atoms. The van der Waals surface area contributed by atoms with Crippen LogP contribution in [-0.4, -0.2) is 26.3 Å². The summed E-state index contributed by atoms with van der Waals surface area (Å²) in [6, 6.07) is 0. The van der Waals surface area contributed by atoms with Crippen molar-refractivity contribution in [3.63, 3.8) is 0 Å². The Morgan fingerprint density at radius 2 is 1.89 bits per heavy atom. The summed E-state index contributed by atoms with van der Waals surface area (Å²) in [6.07, 6.45) is 9.42. The average molecular weight is 255 g/mol. The number of hydrogen-bond acceptors (Lipinski definition) is 2. The molecule has 2 heteroatoms. The first-order chi connectivity index (χ1) is 8.72. The lowest BCUT2D eigenvalue weighted by Gasteiger charge is -2.39. The van der Waals surface area contributed by atoms with E-state index >= 15 is 0 Å². The molecule has 0 aromatic carbocycles. The van der Waals surface area contributed by atoms with E-state index in [1.807, 2.05) is 0 Å². The van der Waals surface area contributed by atoms with Crippen LogP contribution in [0.2, 0.25) is 0 Å². The second-order valence-electron chi connectivity index (χ2n) is 6.27. The van der Waals surface area contributed by atoms with E-state index in [1.54, 1.807) is 0 Å². The second-order valence-corrected chi connectivity index (χ2v) is 6.27. The second kappa shape index (κ2) is 8.92. The van der Waals surface area contributed by atoms with Gasteiger partial charge in [0.15, 0.2) is 0 Å². The van der Waals surface area contributed by atoms with Crippen molar-refractivity contribution in [1.29, 1.82) is 0 Å². The van der Waals surface area contributed by atoms with E-state index in [0.29, 0.717) is 0 Å². The highest BCUT2D eigenvalue weighted by Crippen LogP contribution is 2.43. The van der Waals surface area contributed by atoms with Crippen molar-refractivity contribution in [2.75, 3.05) is 26.3 Å². The zero-order valence-corrected chi connectivity index (χ0v) is 12.8. The van der Waals surface area contributed by atoms with Crippen LogP contribution in [-0.2, 0) is 4.74 Å². The Labute approximate surface area is 114 Å². The molecule has 1 aliphatic heterocycles. The Kier molecular flexibility index (Phi) is 7.92. The van der Waals surface area contributed by atoms with Gasteiger partial charge in [0.1, 0.15) is 0 Å². The number of hydrogen-bond donors (Lipinski definition) is 1. The molecule has 0 amide bonds. The van der Waals surface area contributed by atoms with E-state index in [4.69, 9.17) is 4.74 Å². The van der Waals surface area contributed by atoms with E-state index in [-0.39, 0.29) is 0 Å². The summed E-state index contributed by atoms with van der Waals surface area (Å²) < 4.78 is 5.28. The first-order valence-corrected chi connectivity index (χ1v) is 8.01. The van der Waals surface area contributed by atoms with Crippen LogP contribution >= 0.6 is 0 Å². The molecule has 0 bridgehead atoms. The van der Waals surface area contributed by atoms with Crippen LogP contribution in [0.1, 0.15) is 65.7 Å². The van der Waals surface area contributed by atoms with Crippen molar-refractivity contribution in [3.8, 4) is 0 Å². The molecule has 1 saturated carbocycles. The molecule has 1 N–H and O–H groups in total. The minimum absolute atomic E-state index is 0.777. The molecule has 1 heterocycles. The zero-order chi connectivity index (χ0) is 13.3. The first kappa shape index (κ1) is 16.0. The molecule has 1 saturated heterocycles. The SMILES string of the molecule is CC1CCC2(CNC2)C1.CCCCCOCCC. The van der Waals surface area contributed by atoms with E-state index in [2.05, 4.69) is 26.1 Å². The lowest BCUT2D eigenvalue weighted by atomic mass is 9.80. The molecule has 1 unspecified atom stereocenters. The molecule has 1 atom stereocenters. The third-order valence-electron chi connectivity index (χ3n) is 4.19. The molecule has 2 nitrogen and oxygen atoms in total. The molecular formula is C16H33NO. The Bertz CT molecular complexity index is 195. The van der Waals surface area contributed by atoms with Gasteiger partial charge in [-0.15, -0.1) is 0 Å². The van der Waals surface area contributed by atoms with E-state index < -0.39 is 0 Å². The van der Waals surface area contributed by atoms with Crippen molar-refractivity contribution < 1.29 is 4.74 Å². The highest BCUT2D eigenvalue weighted by atomic mass is 16.5. The number of rotatable bonds is 6. The third-order valence-corrected chi connectivity index (χ3v) is 4.19. The zero-order valence-electron chi connectivity index (χ0n) is 12.8. The van der Waals surface area contributed by atoms with Crippen LogP contribution < -0.4 is 5.32 Å². The van der Waals surface area contributed by atoms with E-state index in [1.165, 1.54) is 51.6 Å². The molecule has 1 spiro atoms. The Morgan fingerprint density at radius 1 is 1.11 bits per heavy atom. The van der Waals surface area contributed by atoms with Crippen molar-refractivity contribution >= 4 is 0 Å². The van der Waals surface area contributed by atoms with Gasteiger partial charge in [-0.1, -0.05) is 40.0 Å². The highest BCUT2D eigenvalue weighted by Gasteiger charge is 2.41. The summed E-state index contributed by atoms with van der Waals surface area (Å²) in [5.74, 6) is 1.01. The van der Waals surface area contributed by atoms with Gasteiger partial charge in [-0.05, 0) is 37.0 Å². The molecule has 2 fully saturated rings. The smallest absolute Gasteiger partial charge is 0.0466 e. The molecular weight excluding hydrogens is 222 g/mol. The highest BCUT2D eigenvalue weighted by molar-refractivity contribution is 4.97. The van der Waals surface area contributed by atoms with Crippen LogP contribution in [0.25, 0.3) is 0 Å². The lowest BCUT2D eigenvalue weighted by molar-refractivity contribution is 0.131. The van der Waals surface area contributed by atoms with Gasteiger partial charge in [0.05, 0.1) is 0 Å². The number of unbranched alkanes of at least 4 members (excludes halogenated alkanes) is 2. The maximum Gasteiger partial charge on any atom is 0.0466 e. The molecule has 1 aliphatic carbocycles. The van der Waals surface area contributed by atoms with Gasteiger partial charge in [-0.3, -0.25) is 0 Å². The summed E-state index contributed by atoms with van der Waals surface area (Å²) >= 11 is 0. The molecule has 2 rings (SSSR count). The largest absolute Gasteiger partial charge is 0.381 e. The third kappa shape index (κ3) is 5.71. The minimum atomic E-state index is 0.777. The topological polar surface area (TPSA) is 21.3 Å². The van der Waals surface area contributed by atoms with Crippen molar-refractivity contribution in [1.82, 2.24) is 5.32 Å². The van der Waals surface area contributed by atoms with Gasteiger partial charge in [0, 0.05) is 26.3 Å². The monoisotopic (exact) mass is 255 g/mol. The summed E-state index contributed by atoms with van der Waals surface area (Å²) in [5, 5.41) is 3.36. The number of ether oxygens (including phenoxy) is 1. The lowest BCUT2D eigenvalue weighted by Crippen LogP contribution is -2.51. The molecule has 0 aromatic heterocycles. The summed E-state index contributed by atoms with van der Waals surface area (Å²) in [6.45, 7) is 11.2. The van der Waals surface area contributed by atoms with Gasteiger partial charge in [0.25, 0.3) is 0 Å².